The van der Waals surface area contributed by atoms with Gasteiger partial charge in [0.05, 0.1) is 12.7 Å². The van der Waals surface area contributed by atoms with E-state index in [2.05, 4.69) is 23.2 Å². The topological polar surface area (TPSA) is 68.6 Å². The van der Waals surface area contributed by atoms with E-state index in [1.807, 2.05) is 17.0 Å². The van der Waals surface area contributed by atoms with E-state index in [4.69, 9.17) is 22.2 Å². The number of hydrogen-bond acceptors (Lipinski definition) is 5. The first-order valence-corrected chi connectivity index (χ1v) is 11.0. The van der Waals surface area contributed by atoms with Gasteiger partial charge in [0.1, 0.15) is 5.75 Å². The number of nitriles is 1. The zero-order valence-corrected chi connectivity index (χ0v) is 18.2. The van der Waals surface area contributed by atoms with Gasteiger partial charge in [-0.1, -0.05) is 32.6 Å². The van der Waals surface area contributed by atoms with Crippen LogP contribution in [0.15, 0.2) is 24.3 Å². The molecule has 1 fully saturated rings. The molecule has 7 heteroatoms. The SMILES string of the molecule is CCCCCCCOc1ccc(C(=O)NC(=S)N2CCN(CCC#N)CC2)cc1. The minimum Gasteiger partial charge on any atom is -0.494 e. The predicted molar refractivity (Wildman–Crippen MR) is 119 cm³/mol. The van der Waals surface area contributed by atoms with E-state index in [1.165, 1.54) is 25.7 Å². The molecule has 6 nitrogen and oxygen atoms in total. The number of piperazine rings is 1. The molecule has 1 saturated heterocycles. The number of benzene rings is 1. The molecule has 0 atom stereocenters. The molecule has 1 amide bonds. The van der Waals surface area contributed by atoms with Crippen molar-refractivity contribution in [2.75, 3.05) is 39.3 Å². The molecule has 0 aliphatic carbocycles. The van der Waals surface area contributed by atoms with Crippen molar-refractivity contribution in [1.29, 1.82) is 5.26 Å². The van der Waals surface area contributed by atoms with Crippen LogP contribution in [0.25, 0.3) is 0 Å². The summed E-state index contributed by atoms with van der Waals surface area (Å²) < 4.78 is 5.74. The highest BCUT2D eigenvalue weighted by atomic mass is 32.1. The van der Waals surface area contributed by atoms with Gasteiger partial charge in [0, 0.05) is 44.7 Å². The van der Waals surface area contributed by atoms with Crippen molar-refractivity contribution < 1.29 is 9.53 Å². The second-order valence-corrected chi connectivity index (χ2v) is 7.67. The van der Waals surface area contributed by atoms with Crippen molar-refractivity contribution in [3.8, 4) is 11.8 Å². The zero-order valence-electron chi connectivity index (χ0n) is 17.4. The second kappa shape index (κ2) is 13.1. The number of carbonyl (C=O) groups is 1. The molecule has 0 radical (unpaired) electrons. The molecule has 1 heterocycles. The van der Waals surface area contributed by atoms with Crippen LogP contribution in [-0.4, -0.2) is 60.2 Å². The summed E-state index contributed by atoms with van der Waals surface area (Å²) in [6.45, 7) is 6.92. The smallest absolute Gasteiger partial charge is 0.257 e. The highest BCUT2D eigenvalue weighted by Gasteiger charge is 2.20. The molecule has 0 saturated carbocycles. The van der Waals surface area contributed by atoms with Crippen LogP contribution in [0, 0.1) is 11.3 Å². The average Bonchev–Trinajstić information content (AvgIpc) is 2.75. The Labute approximate surface area is 179 Å². The molecule has 0 aromatic heterocycles. The highest BCUT2D eigenvalue weighted by molar-refractivity contribution is 7.80. The van der Waals surface area contributed by atoms with Gasteiger partial charge in [0.2, 0.25) is 0 Å². The summed E-state index contributed by atoms with van der Waals surface area (Å²) in [6.07, 6.45) is 6.57. The first-order chi connectivity index (χ1) is 14.1. The van der Waals surface area contributed by atoms with Gasteiger partial charge >= 0.3 is 0 Å². The lowest BCUT2D eigenvalue weighted by Gasteiger charge is -2.35. The van der Waals surface area contributed by atoms with E-state index in [-0.39, 0.29) is 5.91 Å². The summed E-state index contributed by atoms with van der Waals surface area (Å²) in [7, 11) is 0. The number of hydrogen-bond donors (Lipinski definition) is 1. The van der Waals surface area contributed by atoms with Crippen LogP contribution in [0.2, 0.25) is 0 Å². The lowest BCUT2D eigenvalue weighted by Crippen LogP contribution is -2.52. The summed E-state index contributed by atoms with van der Waals surface area (Å²) in [5, 5.41) is 12.0. The molecule has 1 aliphatic rings. The Morgan fingerprint density at radius 2 is 1.83 bits per heavy atom. The Bertz CT molecular complexity index is 679. The molecule has 0 unspecified atom stereocenters. The van der Waals surface area contributed by atoms with Gasteiger partial charge in [-0.2, -0.15) is 5.26 Å². The van der Waals surface area contributed by atoms with Crippen molar-refractivity contribution in [2.24, 2.45) is 0 Å². The number of unbranched alkanes of at least 4 members (excludes halogenated alkanes) is 4. The third-order valence-corrected chi connectivity index (χ3v) is 5.41. The van der Waals surface area contributed by atoms with E-state index in [0.29, 0.717) is 23.7 Å². The molecule has 158 valence electrons. The molecule has 1 aliphatic heterocycles. The fraction of sp³-hybridized carbons (Fsp3) is 0.591. The van der Waals surface area contributed by atoms with Gasteiger partial charge in [-0.25, -0.2) is 0 Å². The second-order valence-electron chi connectivity index (χ2n) is 7.28. The van der Waals surface area contributed by atoms with Gasteiger partial charge < -0.3 is 9.64 Å². The summed E-state index contributed by atoms with van der Waals surface area (Å²) in [5.41, 5.74) is 0.565. The third-order valence-electron chi connectivity index (χ3n) is 5.05. The van der Waals surface area contributed by atoms with E-state index in [1.54, 1.807) is 12.1 Å². The highest BCUT2D eigenvalue weighted by Crippen LogP contribution is 2.13. The van der Waals surface area contributed by atoms with E-state index in [0.717, 1.165) is 44.9 Å². The predicted octanol–water partition coefficient (Wildman–Crippen LogP) is 3.58. The van der Waals surface area contributed by atoms with Crippen molar-refractivity contribution in [3.63, 3.8) is 0 Å². The number of nitrogens with zero attached hydrogens (tertiary/aromatic N) is 3. The van der Waals surface area contributed by atoms with Crippen molar-refractivity contribution in [3.05, 3.63) is 29.8 Å². The molecule has 2 rings (SSSR count). The normalized spacial score (nSPS) is 14.3. The number of nitrogens with one attached hydrogen (secondary N) is 1. The average molecular weight is 417 g/mol. The van der Waals surface area contributed by atoms with Crippen LogP contribution < -0.4 is 10.1 Å². The largest absolute Gasteiger partial charge is 0.494 e. The van der Waals surface area contributed by atoms with Crippen molar-refractivity contribution in [1.82, 2.24) is 15.1 Å². The molecule has 1 aromatic rings. The summed E-state index contributed by atoms with van der Waals surface area (Å²) in [6, 6.07) is 9.37. The first kappa shape index (κ1) is 23.1. The van der Waals surface area contributed by atoms with E-state index >= 15 is 0 Å². The molecular weight excluding hydrogens is 384 g/mol. The maximum atomic E-state index is 12.5. The Morgan fingerprint density at radius 1 is 1.14 bits per heavy atom. The number of ether oxygens (including phenoxy) is 1. The van der Waals surface area contributed by atoms with Gasteiger partial charge in [-0.15, -0.1) is 0 Å². The summed E-state index contributed by atoms with van der Waals surface area (Å²) in [5.74, 6) is 0.584. The van der Waals surface area contributed by atoms with E-state index < -0.39 is 0 Å². The third kappa shape index (κ3) is 8.38. The summed E-state index contributed by atoms with van der Waals surface area (Å²) in [4.78, 5) is 16.7. The Balaban J connectivity index is 1.70. The maximum absolute atomic E-state index is 12.5. The van der Waals surface area contributed by atoms with Crippen molar-refractivity contribution >= 4 is 23.2 Å². The van der Waals surface area contributed by atoms with Gasteiger partial charge in [0.25, 0.3) is 5.91 Å². The standard InChI is InChI=1S/C22H32N4O2S/c1-2-3-4-5-6-18-28-20-10-8-19(9-11-20)21(27)24-22(29)26-16-14-25(15-17-26)13-7-12-23/h8-11H,2-7,13-18H2,1H3,(H,24,27,29). The molecular formula is C22H32N4O2S. The molecule has 1 aromatic carbocycles. The lowest BCUT2D eigenvalue weighted by molar-refractivity contribution is 0.0969. The lowest BCUT2D eigenvalue weighted by atomic mass is 10.2. The minimum absolute atomic E-state index is 0.201. The van der Waals surface area contributed by atoms with Crippen LogP contribution in [0.5, 0.6) is 5.75 Å². The minimum atomic E-state index is -0.201. The fourth-order valence-electron chi connectivity index (χ4n) is 3.23. The zero-order chi connectivity index (χ0) is 20.9. The Kier molecular flexibility index (Phi) is 10.5. The number of carbonyl (C=O) groups excluding carboxylic acids is 1. The number of amides is 1. The maximum Gasteiger partial charge on any atom is 0.257 e. The monoisotopic (exact) mass is 416 g/mol. The van der Waals surface area contributed by atoms with Crippen molar-refractivity contribution in [2.45, 2.75) is 45.4 Å². The van der Waals surface area contributed by atoms with Crippen LogP contribution in [0.4, 0.5) is 0 Å². The van der Waals surface area contributed by atoms with Crippen LogP contribution in [0.1, 0.15) is 55.8 Å². The van der Waals surface area contributed by atoms with Crippen LogP contribution in [-0.2, 0) is 0 Å². The van der Waals surface area contributed by atoms with Crippen LogP contribution >= 0.6 is 12.2 Å². The first-order valence-electron chi connectivity index (χ1n) is 10.6. The van der Waals surface area contributed by atoms with Gasteiger partial charge in [0.15, 0.2) is 5.11 Å². The number of rotatable bonds is 10. The van der Waals surface area contributed by atoms with Gasteiger partial charge in [-0.05, 0) is 42.9 Å². The van der Waals surface area contributed by atoms with Gasteiger partial charge in [-0.3, -0.25) is 15.0 Å². The molecule has 0 bridgehead atoms. The summed E-state index contributed by atoms with van der Waals surface area (Å²) >= 11 is 5.40. The molecule has 0 spiro atoms. The molecule has 1 N–H and O–H groups in total. The van der Waals surface area contributed by atoms with Crippen LogP contribution in [0.3, 0.4) is 0 Å². The Hall–Kier alpha value is -2.17. The Morgan fingerprint density at radius 3 is 2.48 bits per heavy atom. The number of thiocarbonyl (C=S) groups is 1. The molecule has 29 heavy (non-hydrogen) atoms. The quantitative estimate of drug-likeness (QED) is 0.464. The fourth-order valence-corrected chi connectivity index (χ4v) is 3.50. The van der Waals surface area contributed by atoms with E-state index in [9.17, 15) is 4.79 Å².